The Balaban J connectivity index is 2.04. The number of halogens is 1. The molecule has 0 aliphatic rings. The van der Waals surface area contributed by atoms with E-state index in [9.17, 15) is 0 Å². The minimum atomic E-state index is 0.140. The Morgan fingerprint density at radius 3 is 2.59 bits per heavy atom. The zero-order chi connectivity index (χ0) is 15.8. The summed E-state index contributed by atoms with van der Waals surface area (Å²) in [6.45, 7) is 2.30. The van der Waals surface area contributed by atoms with Gasteiger partial charge >= 0.3 is 0 Å². The van der Waals surface area contributed by atoms with Crippen LogP contribution in [0.3, 0.4) is 0 Å². The van der Waals surface area contributed by atoms with E-state index in [1.807, 2.05) is 12.3 Å². The van der Waals surface area contributed by atoms with E-state index in [4.69, 9.17) is 11.5 Å². The average molecular weight is 362 g/mol. The Bertz CT molecular complexity index is 594. The molecule has 1 aromatic carbocycles. The number of guanidine groups is 1. The highest BCUT2D eigenvalue weighted by Crippen LogP contribution is 2.18. The number of pyridine rings is 1. The number of hydrogen-bond donors (Lipinski definition) is 2. The quantitative estimate of drug-likeness (QED) is 0.451. The topological polar surface area (TPSA) is 80.5 Å². The molecule has 6 heteroatoms. The van der Waals surface area contributed by atoms with E-state index < -0.39 is 0 Å². The molecule has 1 aromatic heterocycles. The molecule has 0 unspecified atom stereocenters. The molecule has 2 rings (SSSR count). The van der Waals surface area contributed by atoms with Crippen LogP contribution in [0.5, 0.6) is 0 Å². The number of anilines is 1. The van der Waals surface area contributed by atoms with Gasteiger partial charge in [-0.15, -0.1) is 0 Å². The van der Waals surface area contributed by atoms with Crippen LogP contribution in [0, 0.1) is 0 Å². The minimum Gasteiger partial charge on any atom is -0.370 e. The Morgan fingerprint density at radius 2 is 1.95 bits per heavy atom. The van der Waals surface area contributed by atoms with Crippen LogP contribution in [0.25, 0.3) is 0 Å². The molecule has 116 valence electrons. The molecular weight excluding hydrogens is 342 g/mol. The van der Waals surface area contributed by atoms with E-state index >= 15 is 0 Å². The minimum absolute atomic E-state index is 0.140. The van der Waals surface area contributed by atoms with Crippen LogP contribution in [-0.2, 0) is 6.54 Å². The number of aliphatic imine (C=N–C) groups is 1. The van der Waals surface area contributed by atoms with E-state index in [1.54, 1.807) is 6.20 Å². The van der Waals surface area contributed by atoms with E-state index in [1.165, 1.54) is 5.56 Å². The summed E-state index contributed by atoms with van der Waals surface area (Å²) in [6.07, 6.45) is 4.53. The normalized spacial score (nSPS) is 10.2. The van der Waals surface area contributed by atoms with Gasteiger partial charge in [0.15, 0.2) is 5.96 Å². The van der Waals surface area contributed by atoms with Gasteiger partial charge in [0.2, 0.25) is 0 Å². The smallest absolute Gasteiger partial charge is 0.185 e. The van der Waals surface area contributed by atoms with Gasteiger partial charge in [0.1, 0.15) is 0 Å². The second kappa shape index (κ2) is 8.38. The van der Waals surface area contributed by atoms with Gasteiger partial charge < -0.3 is 16.4 Å². The average Bonchev–Trinajstić information content (AvgIpc) is 2.53. The van der Waals surface area contributed by atoms with Crippen molar-refractivity contribution in [2.75, 3.05) is 18.0 Å². The number of benzene rings is 1. The molecule has 0 radical (unpaired) electrons. The van der Waals surface area contributed by atoms with Crippen LogP contribution in [0.2, 0.25) is 0 Å². The molecule has 0 atom stereocenters. The van der Waals surface area contributed by atoms with Crippen LogP contribution >= 0.6 is 15.9 Å². The molecule has 0 fully saturated rings. The summed E-state index contributed by atoms with van der Waals surface area (Å²) < 4.78 is 1.08. The highest BCUT2D eigenvalue weighted by Gasteiger charge is 2.07. The number of hydrogen-bond acceptors (Lipinski definition) is 3. The maximum atomic E-state index is 5.36. The van der Waals surface area contributed by atoms with Gasteiger partial charge in [0, 0.05) is 30.3 Å². The van der Waals surface area contributed by atoms with Gasteiger partial charge in [-0.2, -0.15) is 0 Å². The molecule has 22 heavy (non-hydrogen) atoms. The highest BCUT2D eigenvalue weighted by atomic mass is 79.9. The molecule has 0 spiro atoms. The second-order valence-electron chi connectivity index (χ2n) is 4.92. The van der Waals surface area contributed by atoms with Gasteiger partial charge in [0.05, 0.1) is 11.9 Å². The van der Waals surface area contributed by atoms with E-state index in [-0.39, 0.29) is 5.96 Å². The van der Waals surface area contributed by atoms with Gasteiger partial charge in [-0.1, -0.05) is 28.1 Å². The fourth-order valence-corrected chi connectivity index (χ4v) is 2.38. The fourth-order valence-electron chi connectivity index (χ4n) is 2.12. The van der Waals surface area contributed by atoms with Crippen molar-refractivity contribution in [3.8, 4) is 0 Å². The SMILES string of the molecule is NC(N)=NCCCN(Cc1ccc(Br)cc1)c1cccnc1. The van der Waals surface area contributed by atoms with Crippen LogP contribution < -0.4 is 16.4 Å². The fraction of sp³-hybridized carbons (Fsp3) is 0.250. The van der Waals surface area contributed by atoms with Gasteiger partial charge in [-0.25, -0.2) is 0 Å². The molecule has 5 nitrogen and oxygen atoms in total. The van der Waals surface area contributed by atoms with Crippen molar-refractivity contribution in [1.29, 1.82) is 0 Å². The lowest BCUT2D eigenvalue weighted by atomic mass is 10.2. The largest absolute Gasteiger partial charge is 0.370 e. The molecule has 4 N–H and O–H groups in total. The van der Waals surface area contributed by atoms with E-state index in [0.29, 0.717) is 6.54 Å². The van der Waals surface area contributed by atoms with E-state index in [2.05, 4.69) is 61.1 Å². The standard InChI is InChI=1S/C16H20BrN5/c17-14-6-4-13(5-7-14)12-22(10-2-9-21-16(18)19)15-3-1-8-20-11-15/h1,3-8,11H,2,9-10,12H2,(H4,18,19,21). The zero-order valence-electron chi connectivity index (χ0n) is 12.3. The van der Waals surface area contributed by atoms with Gasteiger partial charge in [-0.05, 0) is 36.2 Å². The van der Waals surface area contributed by atoms with Crippen molar-refractivity contribution in [3.63, 3.8) is 0 Å². The molecule has 2 aromatic rings. The maximum Gasteiger partial charge on any atom is 0.185 e. The van der Waals surface area contributed by atoms with Crippen molar-refractivity contribution in [1.82, 2.24) is 4.98 Å². The third-order valence-electron chi connectivity index (χ3n) is 3.18. The summed E-state index contributed by atoms with van der Waals surface area (Å²) in [5, 5.41) is 0. The molecule has 0 saturated carbocycles. The summed E-state index contributed by atoms with van der Waals surface area (Å²) in [4.78, 5) is 10.5. The van der Waals surface area contributed by atoms with Crippen molar-refractivity contribution in [2.24, 2.45) is 16.5 Å². The lowest BCUT2D eigenvalue weighted by Gasteiger charge is -2.24. The lowest BCUT2D eigenvalue weighted by molar-refractivity contribution is 0.734. The third-order valence-corrected chi connectivity index (χ3v) is 3.71. The summed E-state index contributed by atoms with van der Waals surface area (Å²) in [5.41, 5.74) is 13.1. The van der Waals surface area contributed by atoms with Crippen molar-refractivity contribution in [3.05, 3.63) is 58.8 Å². The Morgan fingerprint density at radius 1 is 1.18 bits per heavy atom. The molecule has 0 aliphatic carbocycles. The lowest BCUT2D eigenvalue weighted by Crippen LogP contribution is -2.26. The first-order valence-electron chi connectivity index (χ1n) is 7.10. The van der Waals surface area contributed by atoms with Crippen molar-refractivity contribution in [2.45, 2.75) is 13.0 Å². The Labute approximate surface area is 139 Å². The first-order valence-corrected chi connectivity index (χ1v) is 7.89. The highest BCUT2D eigenvalue weighted by molar-refractivity contribution is 9.10. The van der Waals surface area contributed by atoms with Gasteiger partial charge in [-0.3, -0.25) is 9.98 Å². The summed E-state index contributed by atoms with van der Waals surface area (Å²) in [6, 6.07) is 12.3. The second-order valence-corrected chi connectivity index (χ2v) is 5.84. The van der Waals surface area contributed by atoms with E-state index in [0.717, 1.165) is 29.7 Å². The maximum absolute atomic E-state index is 5.36. The number of nitrogens with two attached hydrogens (primary N) is 2. The molecule has 0 bridgehead atoms. The number of aromatic nitrogens is 1. The summed E-state index contributed by atoms with van der Waals surface area (Å²) in [5.74, 6) is 0.140. The molecule has 1 heterocycles. The molecular formula is C16H20BrN5. The summed E-state index contributed by atoms with van der Waals surface area (Å²) >= 11 is 3.46. The predicted octanol–water partition coefficient (Wildman–Crippen LogP) is 2.51. The van der Waals surface area contributed by atoms with Gasteiger partial charge in [0.25, 0.3) is 0 Å². The van der Waals surface area contributed by atoms with Crippen LogP contribution in [0.15, 0.2) is 58.3 Å². The van der Waals surface area contributed by atoms with Crippen LogP contribution in [0.1, 0.15) is 12.0 Å². The van der Waals surface area contributed by atoms with Crippen LogP contribution in [0.4, 0.5) is 5.69 Å². The molecule has 0 aliphatic heterocycles. The monoisotopic (exact) mass is 361 g/mol. The molecule has 0 saturated heterocycles. The number of rotatable bonds is 7. The molecule has 0 amide bonds. The van der Waals surface area contributed by atoms with Crippen molar-refractivity contribution < 1.29 is 0 Å². The number of nitrogens with zero attached hydrogens (tertiary/aromatic N) is 3. The predicted molar refractivity (Wildman–Crippen MR) is 94.7 cm³/mol. The van der Waals surface area contributed by atoms with Crippen LogP contribution in [-0.4, -0.2) is 24.0 Å². The summed E-state index contributed by atoms with van der Waals surface area (Å²) in [7, 11) is 0. The first kappa shape index (κ1) is 16.3. The zero-order valence-corrected chi connectivity index (χ0v) is 13.9. The van der Waals surface area contributed by atoms with Crippen molar-refractivity contribution >= 4 is 27.6 Å². The first-order chi connectivity index (χ1) is 10.6. The third kappa shape index (κ3) is 5.37. The Hall–Kier alpha value is -2.08. The Kier molecular flexibility index (Phi) is 6.21.